The third-order valence-corrected chi connectivity index (χ3v) is 5.58. The molecule has 5 heteroatoms. The Morgan fingerprint density at radius 1 is 1.11 bits per heavy atom. The van der Waals surface area contributed by atoms with Crippen LogP contribution in [0.15, 0.2) is 59.7 Å². The summed E-state index contributed by atoms with van der Waals surface area (Å²) in [5, 5.41) is 5.15. The molecule has 5 nitrogen and oxygen atoms in total. The topological polar surface area (TPSA) is 64.0 Å². The van der Waals surface area contributed by atoms with Crippen LogP contribution < -0.4 is 10.9 Å². The van der Waals surface area contributed by atoms with Crippen LogP contribution in [0.5, 0.6) is 0 Å². The highest BCUT2D eigenvalue weighted by atomic mass is 16.1. The van der Waals surface area contributed by atoms with Gasteiger partial charge in [0, 0.05) is 25.1 Å². The Morgan fingerprint density at radius 3 is 2.71 bits per heavy atom. The van der Waals surface area contributed by atoms with E-state index >= 15 is 0 Å². The predicted molar refractivity (Wildman–Crippen MR) is 110 cm³/mol. The van der Waals surface area contributed by atoms with E-state index in [1.165, 1.54) is 12.8 Å². The Hall–Kier alpha value is -2.95. The predicted octanol–water partition coefficient (Wildman–Crippen LogP) is 3.41. The maximum Gasteiger partial charge on any atom is 0.253 e. The third-order valence-electron chi connectivity index (χ3n) is 5.58. The second-order valence-corrected chi connectivity index (χ2v) is 7.49. The molecule has 1 amide bonds. The van der Waals surface area contributed by atoms with Crippen molar-refractivity contribution in [1.29, 1.82) is 0 Å². The van der Waals surface area contributed by atoms with Crippen molar-refractivity contribution in [3.8, 4) is 0 Å². The highest BCUT2D eigenvalue weighted by Crippen LogP contribution is 2.32. The fourth-order valence-electron chi connectivity index (χ4n) is 4.05. The molecule has 1 aliphatic carbocycles. The van der Waals surface area contributed by atoms with Crippen molar-refractivity contribution < 1.29 is 4.79 Å². The number of benzene rings is 2. The normalized spacial score (nSPS) is 14.4. The summed E-state index contributed by atoms with van der Waals surface area (Å²) >= 11 is 0. The lowest BCUT2D eigenvalue weighted by Crippen LogP contribution is -2.32. The van der Waals surface area contributed by atoms with Gasteiger partial charge in [-0.2, -0.15) is 0 Å². The van der Waals surface area contributed by atoms with E-state index in [-0.39, 0.29) is 11.5 Å². The summed E-state index contributed by atoms with van der Waals surface area (Å²) in [5.41, 5.74) is 1.88. The van der Waals surface area contributed by atoms with Crippen molar-refractivity contribution in [1.82, 2.24) is 14.9 Å². The van der Waals surface area contributed by atoms with Crippen LogP contribution in [0.3, 0.4) is 0 Å². The molecule has 0 spiro atoms. The number of aromatic nitrogens is 2. The van der Waals surface area contributed by atoms with Gasteiger partial charge in [0.05, 0.1) is 18.4 Å². The molecule has 1 fully saturated rings. The molecule has 0 saturated heterocycles. The Labute approximate surface area is 164 Å². The minimum atomic E-state index is -0.0417. The number of nitrogens with zero attached hydrogens (tertiary/aromatic N) is 2. The molecule has 0 radical (unpaired) electrons. The average Bonchev–Trinajstić information content (AvgIpc) is 3.24. The Kier molecular flexibility index (Phi) is 5.51. The number of fused-ring (bicyclic) bond motifs is 1. The van der Waals surface area contributed by atoms with Gasteiger partial charge in [-0.05, 0) is 29.2 Å². The molecule has 1 N–H and O–H groups in total. The Balaban J connectivity index is 1.33. The molecule has 1 saturated carbocycles. The third kappa shape index (κ3) is 4.14. The van der Waals surface area contributed by atoms with E-state index in [1.807, 2.05) is 42.5 Å². The van der Waals surface area contributed by atoms with Crippen LogP contribution >= 0.6 is 0 Å². The number of nitrogens with one attached hydrogen (secondary N) is 1. The summed E-state index contributed by atoms with van der Waals surface area (Å²) in [5.74, 6) is 0.391. The van der Waals surface area contributed by atoms with E-state index in [9.17, 15) is 9.59 Å². The van der Waals surface area contributed by atoms with Crippen molar-refractivity contribution in [2.75, 3.05) is 6.54 Å². The van der Waals surface area contributed by atoms with E-state index in [0.29, 0.717) is 25.4 Å². The molecule has 0 bridgehead atoms. The van der Waals surface area contributed by atoms with Gasteiger partial charge in [-0.3, -0.25) is 14.2 Å². The fourth-order valence-corrected chi connectivity index (χ4v) is 4.05. The van der Waals surface area contributed by atoms with Gasteiger partial charge in [-0.15, -0.1) is 0 Å². The summed E-state index contributed by atoms with van der Waals surface area (Å²) in [4.78, 5) is 29.1. The van der Waals surface area contributed by atoms with Crippen LogP contribution in [0.25, 0.3) is 10.8 Å². The first-order chi connectivity index (χ1) is 13.7. The molecule has 28 heavy (non-hydrogen) atoms. The van der Waals surface area contributed by atoms with E-state index in [0.717, 1.165) is 34.9 Å². The highest BCUT2D eigenvalue weighted by molar-refractivity contribution is 5.90. The molecule has 144 valence electrons. The summed E-state index contributed by atoms with van der Waals surface area (Å²) in [6.45, 7) is 0.839. The maximum atomic E-state index is 12.3. The molecule has 0 aliphatic heterocycles. The minimum Gasteiger partial charge on any atom is -0.354 e. The molecule has 1 aliphatic rings. The molecule has 2 aromatic carbocycles. The monoisotopic (exact) mass is 375 g/mol. The molecule has 0 atom stereocenters. The Morgan fingerprint density at radius 2 is 1.89 bits per heavy atom. The minimum absolute atomic E-state index is 0.0415. The zero-order valence-corrected chi connectivity index (χ0v) is 15.9. The van der Waals surface area contributed by atoms with E-state index in [2.05, 4.69) is 10.3 Å². The first kappa shape index (κ1) is 18.4. The number of rotatable bonds is 6. The van der Waals surface area contributed by atoms with E-state index in [4.69, 9.17) is 0 Å². The van der Waals surface area contributed by atoms with Gasteiger partial charge in [0.25, 0.3) is 5.56 Å². The lowest BCUT2D eigenvalue weighted by Gasteiger charge is -2.11. The molecule has 0 unspecified atom stereocenters. The summed E-state index contributed by atoms with van der Waals surface area (Å²) in [6, 6.07) is 15.7. The molecular weight excluding hydrogens is 350 g/mol. The molecule has 4 rings (SSSR count). The largest absolute Gasteiger partial charge is 0.354 e. The number of hydrogen-bond donors (Lipinski definition) is 1. The van der Waals surface area contributed by atoms with Gasteiger partial charge in [0.15, 0.2) is 0 Å². The summed E-state index contributed by atoms with van der Waals surface area (Å²) in [7, 11) is 0. The van der Waals surface area contributed by atoms with Gasteiger partial charge >= 0.3 is 0 Å². The highest BCUT2D eigenvalue weighted by Gasteiger charge is 2.18. The van der Waals surface area contributed by atoms with Crippen molar-refractivity contribution in [2.24, 2.45) is 0 Å². The number of carbonyl (C=O) groups is 1. The van der Waals surface area contributed by atoms with Crippen LogP contribution in [0.1, 0.15) is 42.9 Å². The van der Waals surface area contributed by atoms with Crippen LogP contribution in [0, 0.1) is 0 Å². The van der Waals surface area contributed by atoms with Crippen LogP contribution in [-0.2, 0) is 17.8 Å². The van der Waals surface area contributed by atoms with Crippen molar-refractivity contribution >= 4 is 16.7 Å². The zero-order valence-electron chi connectivity index (χ0n) is 15.9. The number of hydrogen-bond acceptors (Lipinski definition) is 3. The first-order valence-corrected chi connectivity index (χ1v) is 10.0. The van der Waals surface area contributed by atoms with Crippen LogP contribution in [-0.4, -0.2) is 22.0 Å². The molecule has 1 heterocycles. The van der Waals surface area contributed by atoms with Crippen LogP contribution in [0.2, 0.25) is 0 Å². The molecule has 1 aromatic heterocycles. The van der Waals surface area contributed by atoms with Gasteiger partial charge in [0.2, 0.25) is 5.91 Å². The second kappa shape index (κ2) is 8.38. The summed E-state index contributed by atoms with van der Waals surface area (Å²) in [6.07, 6.45) is 6.64. The van der Waals surface area contributed by atoms with Crippen LogP contribution in [0.4, 0.5) is 0 Å². The average molecular weight is 375 g/mol. The lowest BCUT2D eigenvalue weighted by molar-refractivity contribution is -0.120. The zero-order chi connectivity index (χ0) is 19.3. The quantitative estimate of drug-likeness (QED) is 0.718. The second-order valence-electron chi connectivity index (χ2n) is 7.49. The first-order valence-electron chi connectivity index (χ1n) is 10.0. The standard InChI is InChI=1S/C23H25N3O2/c27-22(14-19-10-5-9-17-6-3-4-11-20(17)19)24-12-13-26-16-25-21(15-23(26)28)18-7-1-2-8-18/h3-6,9-11,15-16,18H,1-2,7-8,12-14H2,(H,24,27). The van der Waals surface area contributed by atoms with E-state index < -0.39 is 0 Å². The lowest BCUT2D eigenvalue weighted by atomic mass is 10.0. The van der Waals surface area contributed by atoms with Gasteiger partial charge < -0.3 is 5.32 Å². The van der Waals surface area contributed by atoms with Crippen molar-refractivity contribution in [3.63, 3.8) is 0 Å². The smallest absolute Gasteiger partial charge is 0.253 e. The maximum absolute atomic E-state index is 12.3. The van der Waals surface area contributed by atoms with Gasteiger partial charge in [-0.1, -0.05) is 55.3 Å². The fraction of sp³-hybridized carbons (Fsp3) is 0.348. The Bertz CT molecular complexity index is 1030. The van der Waals surface area contributed by atoms with E-state index in [1.54, 1.807) is 17.0 Å². The number of amides is 1. The van der Waals surface area contributed by atoms with Gasteiger partial charge in [0.1, 0.15) is 0 Å². The summed E-state index contributed by atoms with van der Waals surface area (Å²) < 4.78 is 1.57. The SMILES string of the molecule is O=C(Cc1cccc2ccccc12)NCCn1cnc(C2CCCC2)cc1=O. The molecule has 3 aromatic rings. The van der Waals surface area contributed by atoms with Crippen molar-refractivity contribution in [3.05, 3.63) is 76.5 Å². The van der Waals surface area contributed by atoms with Gasteiger partial charge in [-0.25, -0.2) is 4.98 Å². The number of carbonyl (C=O) groups excluding carboxylic acids is 1. The van der Waals surface area contributed by atoms with Crippen molar-refractivity contribution in [2.45, 2.75) is 44.6 Å². The molecular formula is C23H25N3O2.